The van der Waals surface area contributed by atoms with Crippen LogP contribution in [-0.4, -0.2) is 12.2 Å². The summed E-state index contributed by atoms with van der Waals surface area (Å²) in [6.45, 7) is 4.33. The molecule has 0 radical (unpaired) electrons. The van der Waals surface area contributed by atoms with Gasteiger partial charge in [0.1, 0.15) is 0 Å². The zero-order valence-electron chi connectivity index (χ0n) is 8.91. The van der Waals surface area contributed by atoms with Crippen LogP contribution in [0.2, 0.25) is 0 Å². The Morgan fingerprint density at radius 1 is 0.857 bits per heavy atom. The second-order valence-electron chi connectivity index (χ2n) is 3.23. The van der Waals surface area contributed by atoms with Crippen molar-refractivity contribution in [3.63, 3.8) is 0 Å². The maximum Gasteiger partial charge on any atom is 0.0319 e. The lowest BCUT2D eigenvalue weighted by molar-refractivity contribution is 0.399. The standard InChI is InChI=1S/C12H12.CH4O/c1-9-7-8-11-5-3-4-6-12(11)10(9)2;1-2/h3-8H,1-2H3;2H,1H3. The molecule has 0 unspecified atom stereocenters. The second kappa shape index (κ2) is 4.77. The SMILES string of the molecule is CO.Cc1ccc2ccccc2c1C. The van der Waals surface area contributed by atoms with Gasteiger partial charge >= 0.3 is 0 Å². The number of aryl methyl sites for hydroxylation is 2. The summed E-state index contributed by atoms with van der Waals surface area (Å²) in [5.41, 5.74) is 2.77. The highest BCUT2D eigenvalue weighted by Crippen LogP contribution is 2.20. The predicted molar refractivity (Wildman–Crippen MR) is 61.6 cm³/mol. The minimum absolute atomic E-state index is 1.00. The largest absolute Gasteiger partial charge is 0.400 e. The number of aliphatic hydroxyl groups is 1. The van der Waals surface area contributed by atoms with E-state index < -0.39 is 0 Å². The van der Waals surface area contributed by atoms with Gasteiger partial charge in [-0.05, 0) is 35.7 Å². The fourth-order valence-electron chi connectivity index (χ4n) is 1.54. The van der Waals surface area contributed by atoms with E-state index >= 15 is 0 Å². The first-order chi connectivity index (χ1) is 6.79. The van der Waals surface area contributed by atoms with Gasteiger partial charge in [-0.3, -0.25) is 0 Å². The number of fused-ring (bicyclic) bond motifs is 1. The van der Waals surface area contributed by atoms with Crippen molar-refractivity contribution in [2.45, 2.75) is 13.8 Å². The van der Waals surface area contributed by atoms with E-state index in [1.165, 1.54) is 21.9 Å². The van der Waals surface area contributed by atoms with Gasteiger partial charge in [0.15, 0.2) is 0 Å². The molecule has 2 aromatic rings. The average molecular weight is 188 g/mol. The number of hydrogen-bond acceptors (Lipinski definition) is 1. The summed E-state index contributed by atoms with van der Waals surface area (Å²) in [5, 5.41) is 9.71. The molecule has 2 rings (SSSR count). The third kappa shape index (κ3) is 1.94. The highest BCUT2D eigenvalue weighted by atomic mass is 16.2. The molecule has 1 nitrogen and oxygen atoms in total. The van der Waals surface area contributed by atoms with E-state index in [4.69, 9.17) is 5.11 Å². The second-order valence-corrected chi connectivity index (χ2v) is 3.23. The molecule has 1 heteroatoms. The molecule has 0 aromatic heterocycles. The molecule has 0 saturated heterocycles. The highest BCUT2D eigenvalue weighted by molar-refractivity contribution is 5.86. The fourth-order valence-corrected chi connectivity index (χ4v) is 1.54. The van der Waals surface area contributed by atoms with E-state index in [2.05, 4.69) is 50.2 Å². The number of benzene rings is 2. The maximum absolute atomic E-state index is 7.00. The average Bonchev–Trinajstić information content (AvgIpc) is 2.27. The molecule has 0 atom stereocenters. The van der Waals surface area contributed by atoms with Crippen LogP contribution in [0.25, 0.3) is 10.8 Å². The van der Waals surface area contributed by atoms with Crippen molar-refractivity contribution in [1.29, 1.82) is 0 Å². The van der Waals surface area contributed by atoms with Crippen molar-refractivity contribution in [2.75, 3.05) is 7.11 Å². The van der Waals surface area contributed by atoms with Gasteiger partial charge < -0.3 is 5.11 Å². The Labute approximate surface area is 85.0 Å². The Balaban J connectivity index is 0.000000461. The minimum atomic E-state index is 1.00. The Kier molecular flexibility index (Phi) is 3.66. The Hall–Kier alpha value is -1.34. The van der Waals surface area contributed by atoms with E-state index in [-0.39, 0.29) is 0 Å². The molecule has 0 aliphatic rings. The third-order valence-corrected chi connectivity index (χ3v) is 2.47. The van der Waals surface area contributed by atoms with Gasteiger partial charge in [0.2, 0.25) is 0 Å². The van der Waals surface area contributed by atoms with Crippen LogP contribution in [-0.2, 0) is 0 Å². The molecule has 14 heavy (non-hydrogen) atoms. The van der Waals surface area contributed by atoms with E-state index in [1.807, 2.05) is 0 Å². The minimum Gasteiger partial charge on any atom is -0.400 e. The molecule has 2 aromatic carbocycles. The summed E-state index contributed by atoms with van der Waals surface area (Å²) in [4.78, 5) is 0. The Morgan fingerprint density at radius 2 is 1.50 bits per heavy atom. The topological polar surface area (TPSA) is 20.2 Å². The lowest BCUT2D eigenvalue weighted by Crippen LogP contribution is -1.82. The van der Waals surface area contributed by atoms with Crippen LogP contribution in [0.4, 0.5) is 0 Å². The molecule has 0 fully saturated rings. The molecule has 0 aliphatic heterocycles. The molecular weight excluding hydrogens is 172 g/mol. The van der Waals surface area contributed by atoms with Gasteiger partial charge in [0, 0.05) is 7.11 Å². The highest BCUT2D eigenvalue weighted by Gasteiger charge is 1.97. The van der Waals surface area contributed by atoms with Gasteiger partial charge in [-0.15, -0.1) is 0 Å². The van der Waals surface area contributed by atoms with Crippen LogP contribution in [0.3, 0.4) is 0 Å². The monoisotopic (exact) mass is 188 g/mol. The third-order valence-electron chi connectivity index (χ3n) is 2.47. The van der Waals surface area contributed by atoms with Crippen LogP contribution in [0, 0.1) is 13.8 Å². The predicted octanol–water partition coefficient (Wildman–Crippen LogP) is 3.07. The van der Waals surface area contributed by atoms with Crippen molar-refractivity contribution in [2.24, 2.45) is 0 Å². The summed E-state index contributed by atoms with van der Waals surface area (Å²) in [5.74, 6) is 0. The summed E-state index contributed by atoms with van der Waals surface area (Å²) in [7, 11) is 1.00. The normalized spacial score (nSPS) is 9.43. The molecule has 0 aliphatic carbocycles. The molecule has 1 N–H and O–H groups in total. The zero-order valence-corrected chi connectivity index (χ0v) is 8.91. The van der Waals surface area contributed by atoms with Crippen molar-refractivity contribution < 1.29 is 5.11 Å². The van der Waals surface area contributed by atoms with Gasteiger partial charge in [0.05, 0.1) is 0 Å². The van der Waals surface area contributed by atoms with Crippen LogP contribution in [0.15, 0.2) is 36.4 Å². The molecule has 0 bridgehead atoms. The van der Waals surface area contributed by atoms with Gasteiger partial charge in [-0.1, -0.05) is 36.4 Å². The zero-order chi connectivity index (χ0) is 10.6. The summed E-state index contributed by atoms with van der Waals surface area (Å²) in [6, 6.07) is 12.9. The number of rotatable bonds is 0. The molecule has 0 spiro atoms. The maximum atomic E-state index is 7.00. The van der Waals surface area contributed by atoms with Crippen LogP contribution < -0.4 is 0 Å². The smallest absolute Gasteiger partial charge is 0.0319 e. The van der Waals surface area contributed by atoms with Gasteiger partial charge in [-0.25, -0.2) is 0 Å². The van der Waals surface area contributed by atoms with Crippen LogP contribution in [0.5, 0.6) is 0 Å². The first kappa shape index (κ1) is 10.7. The summed E-state index contributed by atoms with van der Waals surface area (Å²) >= 11 is 0. The van der Waals surface area contributed by atoms with Crippen molar-refractivity contribution in [3.8, 4) is 0 Å². The Morgan fingerprint density at radius 3 is 2.21 bits per heavy atom. The lowest BCUT2D eigenvalue weighted by atomic mass is 10.0. The molecular formula is C13H16O. The van der Waals surface area contributed by atoms with E-state index in [9.17, 15) is 0 Å². The quantitative estimate of drug-likeness (QED) is 0.673. The number of aliphatic hydroxyl groups excluding tert-OH is 1. The van der Waals surface area contributed by atoms with E-state index in [0.29, 0.717) is 0 Å². The number of hydrogen-bond donors (Lipinski definition) is 1. The molecule has 0 heterocycles. The first-order valence-electron chi connectivity index (χ1n) is 4.69. The molecule has 0 amide bonds. The first-order valence-corrected chi connectivity index (χ1v) is 4.69. The van der Waals surface area contributed by atoms with Crippen molar-refractivity contribution >= 4 is 10.8 Å². The Bertz CT molecular complexity index is 419. The molecule has 74 valence electrons. The van der Waals surface area contributed by atoms with E-state index in [0.717, 1.165) is 7.11 Å². The summed E-state index contributed by atoms with van der Waals surface area (Å²) in [6.07, 6.45) is 0. The van der Waals surface area contributed by atoms with E-state index in [1.54, 1.807) is 0 Å². The van der Waals surface area contributed by atoms with Crippen LogP contribution >= 0.6 is 0 Å². The summed E-state index contributed by atoms with van der Waals surface area (Å²) < 4.78 is 0. The lowest BCUT2D eigenvalue weighted by Gasteiger charge is -2.04. The van der Waals surface area contributed by atoms with Crippen LogP contribution in [0.1, 0.15) is 11.1 Å². The molecule has 0 saturated carbocycles. The van der Waals surface area contributed by atoms with Gasteiger partial charge in [-0.2, -0.15) is 0 Å². The van der Waals surface area contributed by atoms with Crippen molar-refractivity contribution in [1.82, 2.24) is 0 Å². The van der Waals surface area contributed by atoms with Crippen molar-refractivity contribution in [3.05, 3.63) is 47.5 Å². The van der Waals surface area contributed by atoms with Gasteiger partial charge in [0.25, 0.3) is 0 Å². The fraction of sp³-hybridized carbons (Fsp3) is 0.231.